The van der Waals surface area contributed by atoms with Gasteiger partial charge in [0, 0.05) is 17.3 Å². The van der Waals surface area contributed by atoms with Crippen molar-refractivity contribution in [2.75, 3.05) is 0 Å². The summed E-state index contributed by atoms with van der Waals surface area (Å²) in [6.07, 6.45) is 0.783. The smallest absolute Gasteiger partial charge is 0.136 e. The van der Waals surface area contributed by atoms with Crippen LogP contribution < -0.4 is 4.72 Å². The average molecular weight is 258 g/mol. The highest BCUT2D eigenvalue weighted by Crippen LogP contribution is 2.54. The molecule has 1 aliphatic rings. The van der Waals surface area contributed by atoms with Gasteiger partial charge in [-0.2, -0.15) is 0 Å². The van der Waals surface area contributed by atoms with Crippen molar-refractivity contribution in [1.82, 2.24) is 4.72 Å². The van der Waals surface area contributed by atoms with E-state index in [1.807, 2.05) is 27.7 Å². The molecular formula is C9H17Cl2NOS. The van der Waals surface area contributed by atoms with E-state index in [9.17, 15) is 4.55 Å². The largest absolute Gasteiger partial charge is 0.598 e. The van der Waals surface area contributed by atoms with Gasteiger partial charge in [-0.25, -0.2) is 0 Å². The highest BCUT2D eigenvalue weighted by atomic mass is 35.5. The van der Waals surface area contributed by atoms with Crippen LogP contribution >= 0.6 is 23.2 Å². The van der Waals surface area contributed by atoms with Gasteiger partial charge in [-0.3, -0.25) is 0 Å². The van der Waals surface area contributed by atoms with E-state index in [1.54, 1.807) is 0 Å². The Kier molecular flexibility index (Phi) is 3.71. The molecule has 1 fully saturated rings. The fourth-order valence-electron chi connectivity index (χ4n) is 1.20. The summed E-state index contributed by atoms with van der Waals surface area (Å²) in [6.45, 7) is 7.78. The third-order valence-electron chi connectivity index (χ3n) is 2.33. The van der Waals surface area contributed by atoms with E-state index in [0.29, 0.717) is 0 Å². The average Bonchev–Trinajstić information content (AvgIpc) is 2.57. The van der Waals surface area contributed by atoms with E-state index < -0.39 is 15.7 Å². The van der Waals surface area contributed by atoms with Gasteiger partial charge in [0.15, 0.2) is 0 Å². The molecule has 5 heteroatoms. The summed E-state index contributed by atoms with van der Waals surface area (Å²) in [5, 5.41) is 0. The number of hydrogen-bond donors (Lipinski definition) is 1. The minimum atomic E-state index is -1.05. The van der Waals surface area contributed by atoms with Gasteiger partial charge >= 0.3 is 0 Å². The lowest BCUT2D eigenvalue weighted by atomic mass is 10.2. The summed E-state index contributed by atoms with van der Waals surface area (Å²) in [5.41, 5.74) is 0. The Morgan fingerprint density at radius 1 is 1.50 bits per heavy atom. The van der Waals surface area contributed by atoms with Crippen LogP contribution in [0.2, 0.25) is 0 Å². The second-order valence-electron chi connectivity index (χ2n) is 4.86. The van der Waals surface area contributed by atoms with Crippen molar-refractivity contribution in [3.8, 4) is 0 Å². The maximum absolute atomic E-state index is 11.7. The van der Waals surface area contributed by atoms with Gasteiger partial charge in [0.2, 0.25) is 0 Å². The van der Waals surface area contributed by atoms with E-state index in [2.05, 4.69) is 4.72 Å². The second kappa shape index (κ2) is 4.02. The van der Waals surface area contributed by atoms with Gasteiger partial charge in [0.25, 0.3) is 0 Å². The van der Waals surface area contributed by atoms with Gasteiger partial charge in [-0.15, -0.1) is 27.9 Å². The van der Waals surface area contributed by atoms with Gasteiger partial charge < -0.3 is 4.55 Å². The lowest BCUT2D eigenvalue weighted by molar-refractivity contribution is 0.509. The molecule has 0 saturated heterocycles. The van der Waals surface area contributed by atoms with E-state index in [1.165, 1.54) is 0 Å². The SMILES string of the molecule is CC(N[S@@+]([O-])C(C)(C)C)[C@H]1CC1(Cl)Cl. The Bertz CT molecular complexity index is 217. The molecule has 1 aliphatic carbocycles. The first kappa shape index (κ1) is 12.9. The Morgan fingerprint density at radius 2 is 1.93 bits per heavy atom. The van der Waals surface area contributed by atoms with Gasteiger partial charge in [0.1, 0.15) is 9.08 Å². The Balaban J connectivity index is 2.39. The zero-order valence-corrected chi connectivity index (χ0v) is 11.3. The highest BCUT2D eigenvalue weighted by molar-refractivity contribution is 7.90. The fraction of sp³-hybridized carbons (Fsp3) is 1.00. The standard InChI is InChI=1S/C9H17Cl2NOS/c1-6(7-5-9(7,10)11)12-14(13)8(2,3)4/h6-7,12H,5H2,1-4H3/t6?,7-,14+/m1/s1. The molecule has 0 spiro atoms. The van der Waals surface area contributed by atoms with Crippen molar-refractivity contribution in [2.24, 2.45) is 5.92 Å². The molecule has 3 atom stereocenters. The Morgan fingerprint density at radius 3 is 2.21 bits per heavy atom. The summed E-state index contributed by atoms with van der Waals surface area (Å²) in [7, 11) is 0. The molecule has 0 aliphatic heterocycles. The molecule has 14 heavy (non-hydrogen) atoms. The normalized spacial score (nSPS) is 29.8. The molecular weight excluding hydrogens is 241 g/mol. The van der Waals surface area contributed by atoms with Crippen LogP contribution in [0.4, 0.5) is 0 Å². The molecule has 1 rings (SSSR count). The Hall–Kier alpha value is 0.850. The zero-order chi connectivity index (χ0) is 11.1. The lowest BCUT2D eigenvalue weighted by Crippen LogP contribution is -2.44. The van der Waals surface area contributed by atoms with Crippen LogP contribution in [0.3, 0.4) is 0 Å². The summed E-state index contributed by atoms with van der Waals surface area (Å²) in [4.78, 5) is 0. The summed E-state index contributed by atoms with van der Waals surface area (Å²) in [5.74, 6) is 0.220. The topological polar surface area (TPSA) is 35.1 Å². The molecule has 0 heterocycles. The molecule has 1 N–H and O–H groups in total. The van der Waals surface area contributed by atoms with Crippen molar-refractivity contribution in [1.29, 1.82) is 0 Å². The van der Waals surface area contributed by atoms with Crippen molar-refractivity contribution in [3.63, 3.8) is 0 Å². The summed E-state index contributed by atoms with van der Waals surface area (Å²) in [6, 6.07) is 0.102. The molecule has 0 bridgehead atoms. The molecule has 0 radical (unpaired) electrons. The number of halogens is 2. The molecule has 0 amide bonds. The van der Waals surface area contributed by atoms with E-state index in [0.717, 1.165) is 6.42 Å². The molecule has 0 aromatic heterocycles. The first-order chi connectivity index (χ1) is 6.14. The monoisotopic (exact) mass is 257 g/mol. The minimum absolute atomic E-state index is 0.102. The predicted molar refractivity (Wildman–Crippen MR) is 63.0 cm³/mol. The van der Waals surface area contributed by atoms with Crippen molar-refractivity contribution < 1.29 is 4.55 Å². The van der Waals surface area contributed by atoms with E-state index in [-0.39, 0.29) is 16.7 Å². The fourth-order valence-corrected chi connectivity index (χ4v) is 2.77. The molecule has 1 saturated carbocycles. The van der Waals surface area contributed by atoms with Crippen molar-refractivity contribution in [2.45, 2.75) is 49.2 Å². The van der Waals surface area contributed by atoms with Gasteiger partial charge in [0.05, 0.1) is 6.04 Å². The third kappa shape index (κ3) is 3.17. The van der Waals surface area contributed by atoms with Crippen LogP contribution in [0.5, 0.6) is 0 Å². The molecule has 2 nitrogen and oxygen atoms in total. The predicted octanol–water partition coefficient (Wildman–Crippen LogP) is 2.62. The minimum Gasteiger partial charge on any atom is -0.598 e. The van der Waals surface area contributed by atoms with Crippen LogP contribution in [0, 0.1) is 5.92 Å². The summed E-state index contributed by atoms with van der Waals surface area (Å²) < 4.78 is 13.9. The maximum atomic E-state index is 11.7. The van der Waals surface area contributed by atoms with Gasteiger partial charge in [-0.1, -0.05) is 0 Å². The molecule has 0 aromatic rings. The van der Waals surface area contributed by atoms with Crippen LogP contribution in [0.15, 0.2) is 0 Å². The van der Waals surface area contributed by atoms with Crippen LogP contribution in [-0.2, 0) is 11.4 Å². The van der Waals surface area contributed by atoms with Crippen LogP contribution in [0.25, 0.3) is 0 Å². The molecule has 1 unspecified atom stereocenters. The number of alkyl halides is 2. The zero-order valence-electron chi connectivity index (χ0n) is 8.93. The van der Waals surface area contributed by atoms with E-state index in [4.69, 9.17) is 23.2 Å². The number of rotatable bonds is 3. The van der Waals surface area contributed by atoms with Crippen molar-refractivity contribution >= 4 is 34.6 Å². The van der Waals surface area contributed by atoms with Crippen LogP contribution in [-0.4, -0.2) is 19.7 Å². The maximum Gasteiger partial charge on any atom is 0.136 e. The lowest BCUT2D eigenvalue weighted by Gasteiger charge is -2.26. The quantitative estimate of drug-likeness (QED) is 0.624. The van der Waals surface area contributed by atoms with Crippen molar-refractivity contribution in [3.05, 3.63) is 0 Å². The number of nitrogens with one attached hydrogen (secondary N) is 1. The third-order valence-corrected chi connectivity index (χ3v) is 4.89. The number of hydrogen-bond acceptors (Lipinski definition) is 2. The van der Waals surface area contributed by atoms with Gasteiger partial charge in [-0.05, 0) is 34.1 Å². The Labute approximate surface area is 99.0 Å². The molecule has 0 aromatic carbocycles. The van der Waals surface area contributed by atoms with E-state index >= 15 is 0 Å². The second-order valence-corrected chi connectivity index (χ2v) is 8.40. The first-order valence-electron chi connectivity index (χ1n) is 4.70. The molecule has 84 valence electrons. The first-order valence-corrected chi connectivity index (χ1v) is 6.61. The highest BCUT2D eigenvalue weighted by Gasteiger charge is 2.55. The summed E-state index contributed by atoms with van der Waals surface area (Å²) >= 11 is 10.8. The van der Waals surface area contributed by atoms with Crippen LogP contribution in [0.1, 0.15) is 34.1 Å².